The molecule has 5 rings (SSSR count). The lowest BCUT2D eigenvalue weighted by molar-refractivity contribution is -0.384. The number of rotatable bonds is 11. The highest BCUT2D eigenvalue weighted by Crippen LogP contribution is 2.35. The zero-order valence-electron chi connectivity index (χ0n) is 24.2. The van der Waals surface area contributed by atoms with Crippen LogP contribution in [0.3, 0.4) is 0 Å². The van der Waals surface area contributed by atoms with E-state index in [2.05, 4.69) is 4.99 Å². The summed E-state index contributed by atoms with van der Waals surface area (Å²) in [5, 5.41) is 10.8. The van der Waals surface area contributed by atoms with Crippen molar-refractivity contribution in [1.82, 2.24) is 4.57 Å². The van der Waals surface area contributed by atoms with E-state index >= 15 is 0 Å². The first-order valence-electron chi connectivity index (χ1n) is 13.8. The molecule has 0 radical (unpaired) electrons. The summed E-state index contributed by atoms with van der Waals surface area (Å²) in [7, 11) is 1.29. The zero-order valence-corrected chi connectivity index (χ0v) is 25.0. The van der Waals surface area contributed by atoms with Gasteiger partial charge in [0.2, 0.25) is 0 Å². The van der Waals surface area contributed by atoms with Gasteiger partial charge in [-0.2, -0.15) is 0 Å². The van der Waals surface area contributed by atoms with Gasteiger partial charge in [-0.15, -0.1) is 0 Å². The molecule has 4 aromatic rings. The molecule has 1 aliphatic rings. The molecule has 11 nitrogen and oxygen atoms in total. The van der Waals surface area contributed by atoms with Gasteiger partial charge >= 0.3 is 5.97 Å². The normalized spacial score (nSPS) is 14.2. The first-order valence-corrected chi connectivity index (χ1v) is 14.6. The molecule has 2 heterocycles. The van der Waals surface area contributed by atoms with Crippen molar-refractivity contribution in [3.8, 4) is 17.2 Å². The predicted octanol–water partition coefficient (Wildman–Crippen LogP) is 4.30. The molecule has 0 unspecified atom stereocenters. The maximum absolute atomic E-state index is 13.8. The number of methoxy groups -OCH3 is 1. The molecule has 12 heteroatoms. The Balaban J connectivity index is 1.45. The number of aromatic nitrogens is 1. The molecule has 0 amide bonds. The molecule has 0 saturated heterocycles. The van der Waals surface area contributed by atoms with E-state index in [1.165, 1.54) is 41.3 Å². The van der Waals surface area contributed by atoms with Crippen molar-refractivity contribution in [2.24, 2.45) is 4.99 Å². The van der Waals surface area contributed by atoms with E-state index in [4.69, 9.17) is 18.9 Å². The van der Waals surface area contributed by atoms with Crippen LogP contribution in [0, 0.1) is 10.1 Å². The van der Waals surface area contributed by atoms with E-state index in [0.29, 0.717) is 45.4 Å². The van der Waals surface area contributed by atoms with Crippen LogP contribution in [-0.2, 0) is 16.1 Å². The molecule has 0 bridgehead atoms. The number of hydrogen-bond acceptors (Lipinski definition) is 10. The smallest absolute Gasteiger partial charge is 0.337 e. The molecule has 1 aliphatic heterocycles. The van der Waals surface area contributed by atoms with Crippen LogP contribution in [0.1, 0.15) is 36.6 Å². The minimum atomic E-state index is -0.786. The molecule has 0 aliphatic carbocycles. The average Bonchev–Trinajstić information content (AvgIpc) is 3.35. The Labute approximate surface area is 256 Å². The fourth-order valence-electron chi connectivity index (χ4n) is 4.68. The van der Waals surface area contributed by atoms with Crippen LogP contribution in [0.15, 0.2) is 88.3 Å². The molecule has 226 valence electrons. The molecule has 44 heavy (non-hydrogen) atoms. The van der Waals surface area contributed by atoms with Crippen LogP contribution < -0.4 is 29.1 Å². The molecular weight excluding hydrogens is 586 g/mol. The summed E-state index contributed by atoms with van der Waals surface area (Å²) in [6.07, 6.45) is 3.20. The third kappa shape index (κ3) is 6.40. The zero-order chi connectivity index (χ0) is 31.2. The topological polar surface area (TPSA) is 131 Å². The first kappa shape index (κ1) is 30.2. The Morgan fingerprint density at radius 1 is 1.00 bits per heavy atom. The molecule has 1 aromatic heterocycles. The molecule has 0 spiro atoms. The van der Waals surface area contributed by atoms with Crippen molar-refractivity contribution < 1.29 is 28.7 Å². The van der Waals surface area contributed by atoms with Gasteiger partial charge in [0.1, 0.15) is 12.4 Å². The number of nitro groups is 1. The number of fused-ring (bicyclic) bond motifs is 1. The van der Waals surface area contributed by atoms with Gasteiger partial charge in [0.05, 0.1) is 41.4 Å². The lowest BCUT2D eigenvalue weighted by Gasteiger charge is -2.23. The van der Waals surface area contributed by atoms with Crippen LogP contribution in [0.25, 0.3) is 6.08 Å². The van der Waals surface area contributed by atoms with E-state index in [0.717, 1.165) is 11.1 Å². The van der Waals surface area contributed by atoms with Gasteiger partial charge in [0.25, 0.3) is 11.2 Å². The van der Waals surface area contributed by atoms with Crippen LogP contribution in [-0.4, -0.2) is 35.8 Å². The van der Waals surface area contributed by atoms with Crippen molar-refractivity contribution in [3.05, 3.63) is 125 Å². The number of ether oxygens (including phenoxy) is 4. The lowest BCUT2D eigenvalue weighted by atomic mass is 9.97. The van der Waals surface area contributed by atoms with Crippen molar-refractivity contribution in [2.75, 3.05) is 20.3 Å². The van der Waals surface area contributed by atoms with Crippen LogP contribution in [0.2, 0.25) is 0 Å². The number of nitro benzene ring substituents is 1. The second-order valence-electron chi connectivity index (χ2n) is 9.53. The molecule has 0 saturated carbocycles. The molecule has 1 atom stereocenters. The maximum Gasteiger partial charge on any atom is 0.337 e. The minimum Gasteiger partial charge on any atom is -0.490 e. The Bertz CT molecular complexity index is 1890. The van der Waals surface area contributed by atoms with Crippen molar-refractivity contribution in [1.29, 1.82) is 0 Å². The van der Waals surface area contributed by atoms with Gasteiger partial charge in [-0.05, 0) is 73.0 Å². The second-order valence-corrected chi connectivity index (χ2v) is 10.5. The summed E-state index contributed by atoms with van der Waals surface area (Å²) in [6, 6.07) is 17.9. The minimum absolute atomic E-state index is 0.0194. The molecule has 0 fully saturated rings. The van der Waals surface area contributed by atoms with E-state index in [1.54, 1.807) is 48.5 Å². The predicted molar refractivity (Wildman–Crippen MR) is 164 cm³/mol. The summed E-state index contributed by atoms with van der Waals surface area (Å²) in [4.78, 5) is 41.9. The Morgan fingerprint density at radius 3 is 2.36 bits per heavy atom. The second kappa shape index (κ2) is 13.4. The van der Waals surface area contributed by atoms with Crippen LogP contribution in [0.5, 0.6) is 17.2 Å². The maximum atomic E-state index is 13.8. The number of carbonyl (C=O) groups is 1. The van der Waals surface area contributed by atoms with Gasteiger partial charge in [-0.25, -0.2) is 9.79 Å². The van der Waals surface area contributed by atoms with Gasteiger partial charge in [0, 0.05) is 18.3 Å². The molecule has 3 aromatic carbocycles. The standard InChI is InChI=1S/C32H29N3O8S/c1-4-41-26-15-10-22(17-27(26)42-5-2)29-25(31(37)40-3)18-33-32-34(29)30(36)28(44-32)16-20-8-13-24(14-9-20)43-19-21-6-11-23(12-7-21)35(38)39/h6-18,29H,4-5,19H2,1-3H3/b28-16-/t29-/m1/s1. The number of esters is 1. The van der Waals surface area contributed by atoms with Crippen LogP contribution >= 0.6 is 11.3 Å². The van der Waals surface area contributed by atoms with Crippen molar-refractivity contribution in [2.45, 2.75) is 26.5 Å². The van der Waals surface area contributed by atoms with Crippen LogP contribution in [0.4, 0.5) is 5.69 Å². The first-order chi connectivity index (χ1) is 21.3. The van der Waals surface area contributed by atoms with E-state index < -0.39 is 16.9 Å². The fourth-order valence-corrected chi connectivity index (χ4v) is 5.65. The average molecular weight is 616 g/mol. The van der Waals surface area contributed by atoms with Gasteiger partial charge < -0.3 is 18.9 Å². The summed E-state index contributed by atoms with van der Waals surface area (Å²) in [6.45, 7) is 4.85. The summed E-state index contributed by atoms with van der Waals surface area (Å²) >= 11 is 1.21. The molecular formula is C32H29N3O8S. The third-order valence-corrected chi connectivity index (χ3v) is 7.74. The molecule has 0 N–H and O–H groups in total. The van der Waals surface area contributed by atoms with Gasteiger partial charge in [-0.1, -0.05) is 29.5 Å². The van der Waals surface area contributed by atoms with Gasteiger partial charge in [0.15, 0.2) is 16.3 Å². The SMILES string of the molecule is CCOc1ccc([C@@H]2C(C(=O)OC)=CN=c3s/c(=C\c4ccc(OCc5ccc([N+](=O)[O-])cc5)cc4)c(=O)n32)cc1OCC. The van der Waals surface area contributed by atoms with Gasteiger partial charge in [-0.3, -0.25) is 19.5 Å². The summed E-state index contributed by atoms with van der Waals surface area (Å²) in [5.74, 6) is 1.08. The van der Waals surface area contributed by atoms with Crippen molar-refractivity contribution >= 4 is 29.1 Å². The van der Waals surface area contributed by atoms with Crippen molar-refractivity contribution in [3.63, 3.8) is 0 Å². The third-order valence-electron chi connectivity index (χ3n) is 6.74. The number of nitrogens with zero attached hydrogens (tertiary/aromatic N) is 3. The van der Waals surface area contributed by atoms with E-state index in [1.807, 2.05) is 26.0 Å². The number of thiazole rings is 1. The van der Waals surface area contributed by atoms with E-state index in [9.17, 15) is 19.7 Å². The van der Waals surface area contributed by atoms with E-state index in [-0.39, 0.29) is 23.4 Å². The monoisotopic (exact) mass is 615 g/mol. The lowest BCUT2D eigenvalue weighted by Crippen LogP contribution is -2.39. The highest BCUT2D eigenvalue weighted by Gasteiger charge is 2.31. The largest absolute Gasteiger partial charge is 0.490 e. The highest BCUT2D eigenvalue weighted by molar-refractivity contribution is 7.07. The Kier molecular flexibility index (Phi) is 9.20. The summed E-state index contributed by atoms with van der Waals surface area (Å²) < 4.78 is 24.3. The fraction of sp³-hybridized carbons (Fsp3) is 0.219. The highest BCUT2D eigenvalue weighted by atomic mass is 32.1. The number of hydrogen-bond donors (Lipinski definition) is 0. The Hall–Kier alpha value is -5.23. The quantitative estimate of drug-likeness (QED) is 0.139. The summed E-state index contributed by atoms with van der Waals surface area (Å²) in [5.41, 5.74) is 2.13. The number of non-ortho nitro benzene ring substituents is 1. The number of carbonyl (C=O) groups excluding carboxylic acids is 1. The Morgan fingerprint density at radius 2 is 1.70 bits per heavy atom. The number of benzene rings is 3.